The van der Waals surface area contributed by atoms with Crippen molar-refractivity contribution in [2.45, 2.75) is 11.9 Å². The third-order valence-electron chi connectivity index (χ3n) is 3.91. The summed E-state index contributed by atoms with van der Waals surface area (Å²) in [4.78, 5) is 50.9. The minimum absolute atomic E-state index is 0.0102. The monoisotopic (exact) mass is 410 g/mol. The lowest BCUT2D eigenvalue weighted by molar-refractivity contribution is 0.0524. The van der Waals surface area contributed by atoms with Gasteiger partial charge in [-0.1, -0.05) is 30.0 Å². The minimum Gasteiger partial charge on any atom is -0.462 e. The van der Waals surface area contributed by atoms with Crippen LogP contribution in [-0.2, 0) is 4.74 Å². The average Bonchev–Trinajstić information content (AvgIpc) is 2.71. The molecular formula is C20H14N2O6S. The second-order valence-corrected chi connectivity index (χ2v) is 6.77. The number of para-hydroxylation sites is 1. The maximum atomic E-state index is 12.5. The number of ketones is 1. The number of fused-ring (bicyclic) bond motifs is 1. The Morgan fingerprint density at radius 1 is 1.21 bits per heavy atom. The van der Waals surface area contributed by atoms with E-state index in [0.29, 0.717) is 11.0 Å². The second-order valence-electron chi connectivity index (χ2n) is 5.78. The van der Waals surface area contributed by atoms with Crippen molar-refractivity contribution in [2.75, 3.05) is 12.4 Å². The largest absolute Gasteiger partial charge is 0.462 e. The van der Waals surface area contributed by atoms with Crippen LogP contribution in [-0.4, -0.2) is 29.1 Å². The number of aromatic nitrogens is 1. The van der Waals surface area contributed by atoms with E-state index in [4.69, 9.17) is 9.15 Å². The standard InChI is InChI=1S/C20H14N2O6S/c1-2-27-19(25)14-8-12(9-21)18(22-17(14)24)29-10-15(23)13-7-11-5-3-4-6-16(11)28-20(13)26/h3-8H,2,10H2,1H3,(H,22,24). The van der Waals surface area contributed by atoms with E-state index in [1.54, 1.807) is 31.2 Å². The Bertz CT molecular complexity index is 1270. The van der Waals surface area contributed by atoms with Gasteiger partial charge in [0.2, 0.25) is 0 Å². The third kappa shape index (κ3) is 4.28. The van der Waals surface area contributed by atoms with Crippen LogP contribution in [0.1, 0.15) is 33.2 Å². The van der Waals surface area contributed by atoms with Crippen LogP contribution in [0.5, 0.6) is 0 Å². The molecule has 0 atom stereocenters. The maximum Gasteiger partial charge on any atom is 0.347 e. The lowest BCUT2D eigenvalue weighted by atomic mass is 10.1. The van der Waals surface area contributed by atoms with Gasteiger partial charge in [0.25, 0.3) is 5.56 Å². The number of carbonyl (C=O) groups excluding carboxylic acids is 2. The Morgan fingerprint density at radius 3 is 2.69 bits per heavy atom. The summed E-state index contributed by atoms with van der Waals surface area (Å²) in [5.41, 5.74) is -1.54. The number of aromatic amines is 1. The number of nitrogens with zero attached hydrogens (tertiary/aromatic N) is 1. The molecule has 0 spiro atoms. The fourth-order valence-electron chi connectivity index (χ4n) is 2.54. The molecule has 0 saturated heterocycles. The molecule has 2 heterocycles. The van der Waals surface area contributed by atoms with E-state index in [2.05, 4.69) is 4.98 Å². The van der Waals surface area contributed by atoms with Crippen molar-refractivity contribution in [1.29, 1.82) is 5.26 Å². The summed E-state index contributed by atoms with van der Waals surface area (Å²) in [6, 6.07) is 11.2. The first-order chi connectivity index (χ1) is 13.9. The van der Waals surface area contributed by atoms with E-state index in [0.717, 1.165) is 17.8 Å². The minimum atomic E-state index is -0.841. The topological polar surface area (TPSA) is 130 Å². The number of nitriles is 1. The zero-order valence-electron chi connectivity index (χ0n) is 15.2. The fourth-order valence-corrected chi connectivity index (χ4v) is 3.40. The van der Waals surface area contributed by atoms with Crippen molar-refractivity contribution in [3.8, 4) is 6.07 Å². The molecule has 0 bridgehead atoms. The molecule has 0 aliphatic heterocycles. The van der Waals surface area contributed by atoms with Crippen LogP contribution in [0.4, 0.5) is 0 Å². The first kappa shape index (κ1) is 20.1. The van der Waals surface area contributed by atoms with Crippen molar-refractivity contribution < 1.29 is 18.7 Å². The van der Waals surface area contributed by atoms with Gasteiger partial charge in [0.1, 0.15) is 22.8 Å². The van der Waals surface area contributed by atoms with Crippen molar-refractivity contribution in [3.05, 3.63) is 73.9 Å². The number of thioether (sulfide) groups is 1. The van der Waals surface area contributed by atoms with E-state index in [1.807, 2.05) is 6.07 Å². The molecular weight excluding hydrogens is 396 g/mol. The van der Waals surface area contributed by atoms with E-state index in [9.17, 15) is 24.4 Å². The highest BCUT2D eigenvalue weighted by atomic mass is 32.2. The summed E-state index contributed by atoms with van der Waals surface area (Å²) in [7, 11) is 0. The molecule has 1 N–H and O–H groups in total. The van der Waals surface area contributed by atoms with Gasteiger partial charge in [0.15, 0.2) is 5.78 Å². The van der Waals surface area contributed by atoms with E-state index in [1.165, 1.54) is 6.07 Å². The SMILES string of the molecule is CCOC(=O)c1cc(C#N)c(SCC(=O)c2cc3ccccc3oc2=O)[nH]c1=O. The third-order valence-corrected chi connectivity index (χ3v) is 4.93. The molecule has 0 amide bonds. The number of carbonyl (C=O) groups is 2. The summed E-state index contributed by atoms with van der Waals surface area (Å²) in [5, 5.41) is 10.0. The lowest BCUT2D eigenvalue weighted by Crippen LogP contribution is -2.21. The highest BCUT2D eigenvalue weighted by Crippen LogP contribution is 2.21. The molecule has 2 aromatic heterocycles. The molecule has 0 aliphatic rings. The molecule has 1 aromatic carbocycles. The van der Waals surface area contributed by atoms with Gasteiger partial charge >= 0.3 is 11.6 Å². The van der Waals surface area contributed by atoms with E-state index < -0.39 is 22.9 Å². The Morgan fingerprint density at radius 2 is 1.97 bits per heavy atom. The molecule has 3 aromatic rings. The number of benzene rings is 1. The van der Waals surface area contributed by atoms with Crippen molar-refractivity contribution >= 4 is 34.5 Å². The first-order valence-electron chi connectivity index (χ1n) is 8.48. The Kier molecular flexibility index (Phi) is 5.95. The zero-order chi connectivity index (χ0) is 21.0. The normalized spacial score (nSPS) is 10.5. The van der Waals surface area contributed by atoms with Gasteiger partial charge in [-0.05, 0) is 25.1 Å². The molecule has 3 rings (SSSR count). The predicted molar refractivity (Wildman–Crippen MR) is 105 cm³/mol. The number of hydrogen-bond acceptors (Lipinski definition) is 8. The number of ether oxygens (including phenoxy) is 1. The van der Waals surface area contributed by atoms with Gasteiger partial charge < -0.3 is 14.1 Å². The van der Waals surface area contributed by atoms with Gasteiger partial charge in [0, 0.05) is 5.39 Å². The zero-order valence-corrected chi connectivity index (χ0v) is 16.0. The highest BCUT2D eigenvalue weighted by molar-refractivity contribution is 8.00. The molecule has 0 saturated carbocycles. The van der Waals surface area contributed by atoms with Gasteiger partial charge in [-0.2, -0.15) is 5.26 Å². The maximum absolute atomic E-state index is 12.5. The number of esters is 1. The van der Waals surface area contributed by atoms with Crippen LogP contribution in [0.25, 0.3) is 11.0 Å². The molecule has 0 radical (unpaired) electrons. The molecule has 9 heteroatoms. The number of H-pyrrole nitrogens is 1. The number of nitrogens with one attached hydrogen (secondary N) is 1. The summed E-state index contributed by atoms with van der Waals surface area (Å²) in [6.07, 6.45) is 0. The first-order valence-corrected chi connectivity index (χ1v) is 9.46. The van der Waals surface area contributed by atoms with E-state index >= 15 is 0 Å². The van der Waals surface area contributed by atoms with Gasteiger partial charge in [-0.3, -0.25) is 9.59 Å². The van der Waals surface area contributed by atoms with Crippen LogP contribution in [0, 0.1) is 11.3 Å². The molecule has 146 valence electrons. The predicted octanol–water partition coefficient (Wildman–Crippen LogP) is 2.50. The number of Topliss-reactive ketones (excluding diaryl/α,β-unsaturated/α-hetero) is 1. The van der Waals surface area contributed by atoms with Crippen LogP contribution in [0.15, 0.2) is 55.4 Å². The van der Waals surface area contributed by atoms with Crippen molar-refractivity contribution in [2.24, 2.45) is 0 Å². The Balaban J connectivity index is 1.85. The number of rotatable bonds is 6. The van der Waals surface area contributed by atoms with Crippen LogP contribution < -0.4 is 11.2 Å². The molecule has 0 fully saturated rings. The summed E-state index contributed by atoms with van der Waals surface area (Å²) in [5.74, 6) is -1.58. The molecule has 29 heavy (non-hydrogen) atoms. The molecule has 0 unspecified atom stereocenters. The van der Waals surface area contributed by atoms with Gasteiger partial charge in [-0.25, -0.2) is 9.59 Å². The van der Waals surface area contributed by atoms with Gasteiger partial charge in [0.05, 0.1) is 22.9 Å². The number of pyridine rings is 1. The summed E-state index contributed by atoms with van der Waals surface area (Å²) >= 11 is 0.876. The second kappa shape index (κ2) is 8.58. The number of hydrogen-bond donors (Lipinski definition) is 1. The van der Waals surface area contributed by atoms with Crippen LogP contribution in [0.3, 0.4) is 0 Å². The van der Waals surface area contributed by atoms with Gasteiger partial charge in [-0.15, -0.1) is 0 Å². The van der Waals surface area contributed by atoms with E-state index in [-0.39, 0.29) is 34.1 Å². The summed E-state index contributed by atoms with van der Waals surface area (Å²) in [6.45, 7) is 1.68. The summed E-state index contributed by atoms with van der Waals surface area (Å²) < 4.78 is 9.93. The lowest BCUT2D eigenvalue weighted by Gasteiger charge is -2.06. The highest BCUT2D eigenvalue weighted by Gasteiger charge is 2.19. The molecule has 0 aliphatic carbocycles. The smallest absolute Gasteiger partial charge is 0.347 e. The quantitative estimate of drug-likeness (QED) is 0.284. The molecule has 8 nitrogen and oxygen atoms in total. The Hall–Kier alpha value is -3.64. The average molecular weight is 410 g/mol. The van der Waals surface area contributed by atoms with Crippen LogP contribution in [0.2, 0.25) is 0 Å². The van der Waals surface area contributed by atoms with Crippen molar-refractivity contribution in [1.82, 2.24) is 4.98 Å². The van der Waals surface area contributed by atoms with Crippen molar-refractivity contribution in [3.63, 3.8) is 0 Å². The van der Waals surface area contributed by atoms with Crippen LogP contribution >= 0.6 is 11.8 Å². The Labute approximate surface area is 168 Å². The fraction of sp³-hybridized carbons (Fsp3) is 0.150.